The largest absolute Gasteiger partial charge is 0.345 e. The normalized spacial score (nSPS) is 12.9. The minimum atomic E-state index is -3.64. The SMILES string of the molecule is CC[C@@H](Cn1cc(-c2ccncc2)c2ccccc21)NS(=O)(=O)c1c(C)cc(C)cc1C. The summed E-state index contributed by atoms with van der Waals surface area (Å²) in [6.45, 7) is 8.25. The number of benzene rings is 2. The first-order chi connectivity index (χ1) is 15.3. The molecule has 4 aromatic rings. The quantitative estimate of drug-likeness (QED) is 0.413. The van der Waals surface area contributed by atoms with E-state index in [1.165, 1.54) is 0 Å². The molecule has 1 atom stereocenters. The second kappa shape index (κ2) is 8.88. The first-order valence-electron chi connectivity index (χ1n) is 10.9. The molecule has 5 nitrogen and oxygen atoms in total. The maximum Gasteiger partial charge on any atom is 0.241 e. The van der Waals surface area contributed by atoms with Crippen LogP contribution >= 0.6 is 0 Å². The van der Waals surface area contributed by atoms with E-state index in [2.05, 4.69) is 32.6 Å². The molecule has 0 fully saturated rings. The van der Waals surface area contributed by atoms with E-state index in [-0.39, 0.29) is 6.04 Å². The third kappa shape index (κ3) is 4.33. The van der Waals surface area contributed by atoms with Crippen molar-refractivity contribution in [3.8, 4) is 11.1 Å². The number of nitrogens with one attached hydrogen (secondary N) is 1. The number of hydrogen-bond donors (Lipinski definition) is 1. The number of sulfonamides is 1. The zero-order chi connectivity index (χ0) is 22.9. The summed E-state index contributed by atoms with van der Waals surface area (Å²) in [4.78, 5) is 4.51. The van der Waals surface area contributed by atoms with Crippen molar-refractivity contribution >= 4 is 20.9 Å². The topological polar surface area (TPSA) is 64.0 Å². The van der Waals surface area contributed by atoms with Gasteiger partial charge in [0.25, 0.3) is 0 Å². The summed E-state index contributed by atoms with van der Waals surface area (Å²) in [7, 11) is -3.64. The van der Waals surface area contributed by atoms with Gasteiger partial charge in [0.05, 0.1) is 4.90 Å². The molecule has 0 saturated carbocycles. The molecule has 0 amide bonds. The Labute approximate surface area is 190 Å². The Hall–Kier alpha value is -2.96. The molecule has 1 N–H and O–H groups in total. The fraction of sp³-hybridized carbons (Fsp3) is 0.269. The molecule has 2 heterocycles. The molecule has 32 heavy (non-hydrogen) atoms. The molecular weight excluding hydrogens is 418 g/mol. The molecule has 0 aliphatic carbocycles. The van der Waals surface area contributed by atoms with Crippen LogP contribution < -0.4 is 4.72 Å². The molecule has 0 aliphatic heterocycles. The van der Waals surface area contributed by atoms with Crippen LogP contribution in [0.25, 0.3) is 22.0 Å². The average molecular weight is 448 g/mol. The molecule has 6 heteroatoms. The van der Waals surface area contributed by atoms with Crippen molar-refractivity contribution in [1.29, 1.82) is 0 Å². The predicted octanol–water partition coefficient (Wildman–Crippen LogP) is 5.39. The highest BCUT2D eigenvalue weighted by atomic mass is 32.2. The first kappa shape index (κ1) is 22.2. The summed E-state index contributed by atoms with van der Waals surface area (Å²) in [5.74, 6) is 0. The Morgan fingerprint density at radius 3 is 2.31 bits per heavy atom. The van der Waals surface area contributed by atoms with Gasteiger partial charge >= 0.3 is 0 Å². The van der Waals surface area contributed by atoms with Crippen molar-refractivity contribution < 1.29 is 8.42 Å². The number of hydrogen-bond acceptors (Lipinski definition) is 3. The van der Waals surface area contributed by atoms with Gasteiger partial charge in [-0.2, -0.15) is 0 Å². The third-order valence-corrected chi connectivity index (χ3v) is 7.71. The summed E-state index contributed by atoms with van der Waals surface area (Å²) >= 11 is 0. The number of aryl methyl sites for hydroxylation is 3. The molecule has 0 bridgehead atoms. The van der Waals surface area contributed by atoms with Crippen LogP contribution in [0.5, 0.6) is 0 Å². The van der Waals surface area contributed by atoms with Gasteiger partial charge in [-0.3, -0.25) is 4.98 Å². The lowest BCUT2D eigenvalue weighted by molar-refractivity contribution is 0.491. The van der Waals surface area contributed by atoms with Crippen LogP contribution in [0.3, 0.4) is 0 Å². The number of nitrogens with zero attached hydrogens (tertiary/aromatic N) is 2. The van der Waals surface area contributed by atoms with Crippen LogP contribution in [-0.2, 0) is 16.6 Å². The maximum absolute atomic E-state index is 13.3. The van der Waals surface area contributed by atoms with E-state index >= 15 is 0 Å². The van der Waals surface area contributed by atoms with Gasteiger partial charge in [0, 0.05) is 47.6 Å². The smallest absolute Gasteiger partial charge is 0.241 e. The summed E-state index contributed by atoms with van der Waals surface area (Å²) in [5, 5.41) is 1.14. The lowest BCUT2D eigenvalue weighted by Gasteiger charge is -2.20. The highest BCUT2D eigenvalue weighted by molar-refractivity contribution is 7.89. The molecule has 2 aromatic heterocycles. The summed E-state index contributed by atoms with van der Waals surface area (Å²) in [6, 6.07) is 15.8. The van der Waals surface area contributed by atoms with Crippen molar-refractivity contribution in [3.63, 3.8) is 0 Å². The molecule has 0 saturated heterocycles. The van der Waals surface area contributed by atoms with E-state index in [1.807, 2.05) is 64.1 Å². The van der Waals surface area contributed by atoms with Gasteiger partial charge in [-0.05, 0) is 62.1 Å². The van der Waals surface area contributed by atoms with E-state index in [4.69, 9.17) is 0 Å². The first-order valence-corrected chi connectivity index (χ1v) is 12.4. The highest BCUT2D eigenvalue weighted by Gasteiger charge is 2.24. The Morgan fingerprint density at radius 2 is 1.66 bits per heavy atom. The average Bonchev–Trinajstić information content (AvgIpc) is 3.11. The molecule has 0 aliphatic rings. The van der Waals surface area contributed by atoms with Gasteiger partial charge in [0.1, 0.15) is 0 Å². The Balaban J connectivity index is 1.68. The summed E-state index contributed by atoms with van der Waals surface area (Å²) < 4.78 is 31.7. The number of pyridine rings is 1. The fourth-order valence-corrected chi connectivity index (χ4v) is 6.28. The second-order valence-electron chi connectivity index (χ2n) is 8.40. The van der Waals surface area contributed by atoms with E-state index in [0.29, 0.717) is 17.9 Å². The van der Waals surface area contributed by atoms with Crippen LogP contribution in [-0.4, -0.2) is 24.0 Å². The molecule has 166 valence electrons. The molecule has 0 radical (unpaired) electrons. The monoisotopic (exact) mass is 447 g/mol. The van der Waals surface area contributed by atoms with E-state index in [1.54, 1.807) is 12.4 Å². The van der Waals surface area contributed by atoms with Gasteiger partial charge in [-0.1, -0.05) is 42.8 Å². The lowest BCUT2D eigenvalue weighted by atomic mass is 10.1. The van der Waals surface area contributed by atoms with Crippen molar-refractivity contribution in [1.82, 2.24) is 14.3 Å². The number of fused-ring (bicyclic) bond motifs is 1. The molecule has 2 aromatic carbocycles. The standard InChI is InChI=1S/C26H29N3O2S/c1-5-22(28-32(30,31)26-19(3)14-18(2)15-20(26)4)16-29-17-24(21-10-12-27-13-11-21)23-8-6-7-9-25(23)29/h6-15,17,22,28H,5,16H2,1-4H3/t22-/m0/s1. The minimum Gasteiger partial charge on any atom is -0.345 e. The fourth-order valence-electron chi connectivity index (χ4n) is 4.52. The Bertz CT molecular complexity index is 1340. The molecule has 0 spiro atoms. The molecular formula is C26H29N3O2S. The lowest BCUT2D eigenvalue weighted by Crippen LogP contribution is -2.38. The maximum atomic E-state index is 13.3. The van der Waals surface area contributed by atoms with Gasteiger partial charge in [0.2, 0.25) is 10.0 Å². The van der Waals surface area contributed by atoms with Crippen LogP contribution in [0.15, 0.2) is 72.0 Å². The van der Waals surface area contributed by atoms with Gasteiger partial charge < -0.3 is 4.57 Å². The third-order valence-electron chi connectivity index (χ3n) is 5.89. The molecule has 0 unspecified atom stereocenters. The number of rotatable bonds is 7. The van der Waals surface area contributed by atoms with Gasteiger partial charge in [-0.15, -0.1) is 0 Å². The van der Waals surface area contributed by atoms with Crippen molar-refractivity contribution in [2.75, 3.05) is 0 Å². The van der Waals surface area contributed by atoms with Crippen LogP contribution in [0.4, 0.5) is 0 Å². The predicted molar refractivity (Wildman–Crippen MR) is 130 cm³/mol. The van der Waals surface area contributed by atoms with E-state index in [9.17, 15) is 8.42 Å². The Kier molecular flexibility index (Phi) is 6.17. The van der Waals surface area contributed by atoms with E-state index in [0.717, 1.165) is 38.7 Å². The number of aromatic nitrogens is 2. The van der Waals surface area contributed by atoms with Gasteiger partial charge in [-0.25, -0.2) is 13.1 Å². The van der Waals surface area contributed by atoms with Crippen molar-refractivity contribution in [2.24, 2.45) is 0 Å². The van der Waals surface area contributed by atoms with Crippen LogP contribution in [0.2, 0.25) is 0 Å². The zero-order valence-electron chi connectivity index (χ0n) is 19.0. The van der Waals surface area contributed by atoms with Crippen LogP contribution in [0.1, 0.15) is 30.0 Å². The van der Waals surface area contributed by atoms with Gasteiger partial charge in [0.15, 0.2) is 0 Å². The zero-order valence-corrected chi connectivity index (χ0v) is 19.8. The van der Waals surface area contributed by atoms with Crippen LogP contribution in [0, 0.1) is 20.8 Å². The highest BCUT2D eigenvalue weighted by Crippen LogP contribution is 2.31. The number of para-hydroxylation sites is 1. The van der Waals surface area contributed by atoms with Crippen molar-refractivity contribution in [2.45, 2.75) is 51.6 Å². The summed E-state index contributed by atoms with van der Waals surface area (Å²) in [5.41, 5.74) is 5.90. The van der Waals surface area contributed by atoms with E-state index < -0.39 is 10.0 Å². The second-order valence-corrected chi connectivity index (χ2v) is 10.1. The Morgan fingerprint density at radius 1 is 1.00 bits per heavy atom. The minimum absolute atomic E-state index is 0.235. The molecule has 4 rings (SSSR count). The van der Waals surface area contributed by atoms with Crippen molar-refractivity contribution in [3.05, 3.63) is 83.8 Å². The summed E-state index contributed by atoms with van der Waals surface area (Å²) in [6.07, 6.45) is 6.37.